The SMILES string of the molecule is CC(N)C1CCCCN1Cc1cccnc1.Cl. The van der Waals surface area contributed by atoms with Crippen LogP contribution < -0.4 is 5.73 Å². The van der Waals surface area contributed by atoms with Gasteiger partial charge in [-0.15, -0.1) is 12.4 Å². The van der Waals surface area contributed by atoms with Crippen LogP contribution in [-0.4, -0.2) is 28.5 Å². The van der Waals surface area contributed by atoms with Gasteiger partial charge in [-0.2, -0.15) is 0 Å². The molecule has 2 heterocycles. The van der Waals surface area contributed by atoms with E-state index in [0.717, 1.165) is 6.54 Å². The molecular weight excluding hydrogens is 234 g/mol. The van der Waals surface area contributed by atoms with Crippen LogP contribution in [0.3, 0.4) is 0 Å². The minimum absolute atomic E-state index is 0. The predicted octanol–water partition coefficient (Wildman–Crippen LogP) is 2.21. The molecule has 0 spiro atoms. The second kappa shape index (κ2) is 6.94. The Labute approximate surface area is 110 Å². The van der Waals surface area contributed by atoms with Gasteiger partial charge in [-0.05, 0) is 37.9 Å². The summed E-state index contributed by atoms with van der Waals surface area (Å²) in [6.07, 6.45) is 7.62. The van der Waals surface area contributed by atoms with Crippen LogP contribution in [0.25, 0.3) is 0 Å². The lowest BCUT2D eigenvalue weighted by Crippen LogP contribution is -2.48. The molecule has 0 aromatic carbocycles. The van der Waals surface area contributed by atoms with Gasteiger partial charge < -0.3 is 5.73 Å². The number of rotatable bonds is 3. The van der Waals surface area contributed by atoms with Gasteiger partial charge in [0.15, 0.2) is 0 Å². The first-order chi connectivity index (χ1) is 7.77. The van der Waals surface area contributed by atoms with Crippen molar-refractivity contribution in [1.82, 2.24) is 9.88 Å². The zero-order chi connectivity index (χ0) is 11.4. The van der Waals surface area contributed by atoms with E-state index >= 15 is 0 Å². The fourth-order valence-electron chi connectivity index (χ4n) is 2.53. The van der Waals surface area contributed by atoms with Crippen molar-refractivity contribution in [3.8, 4) is 0 Å². The van der Waals surface area contributed by atoms with E-state index in [1.165, 1.54) is 31.4 Å². The highest BCUT2D eigenvalue weighted by molar-refractivity contribution is 5.85. The van der Waals surface area contributed by atoms with Gasteiger partial charge in [0.2, 0.25) is 0 Å². The topological polar surface area (TPSA) is 42.1 Å². The Morgan fingerprint density at radius 2 is 2.35 bits per heavy atom. The number of nitrogens with zero attached hydrogens (tertiary/aromatic N) is 2. The molecule has 1 aliphatic heterocycles. The van der Waals surface area contributed by atoms with Gasteiger partial charge in [0, 0.05) is 31.0 Å². The van der Waals surface area contributed by atoms with Crippen LogP contribution in [0.5, 0.6) is 0 Å². The summed E-state index contributed by atoms with van der Waals surface area (Å²) >= 11 is 0. The van der Waals surface area contributed by atoms with Crippen molar-refractivity contribution in [3.05, 3.63) is 30.1 Å². The number of nitrogens with two attached hydrogens (primary N) is 1. The highest BCUT2D eigenvalue weighted by Crippen LogP contribution is 2.20. The molecule has 0 aliphatic carbocycles. The summed E-state index contributed by atoms with van der Waals surface area (Å²) in [5.41, 5.74) is 7.34. The van der Waals surface area contributed by atoms with Crippen molar-refractivity contribution < 1.29 is 0 Å². The predicted molar refractivity (Wildman–Crippen MR) is 73.2 cm³/mol. The van der Waals surface area contributed by atoms with Crippen LogP contribution in [0.4, 0.5) is 0 Å². The van der Waals surface area contributed by atoms with Gasteiger partial charge >= 0.3 is 0 Å². The monoisotopic (exact) mass is 255 g/mol. The van der Waals surface area contributed by atoms with E-state index in [2.05, 4.69) is 22.9 Å². The quantitative estimate of drug-likeness (QED) is 0.901. The fourth-order valence-corrected chi connectivity index (χ4v) is 2.53. The van der Waals surface area contributed by atoms with Crippen molar-refractivity contribution in [2.24, 2.45) is 5.73 Å². The first kappa shape index (κ1) is 14.4. The number of likely N-dealkylation sites (tertiary alicyclic amines) is 1. The molecule has 1 aromatic heterocycles. The Kier molecular flexibility index (Phi) is 5.89. The Balaban J connectivity index is 0.00000144. The number of pyridine rings is 1. The molecule has 2 N–H and O–H groups in total. The number of piperidine rings is 1. The van der Waals surface area contributed by atoms with Crippen LogP contribution in [0.15, 0.2) is 24.5 Å². The molecule has 0 radical (unpaired) electrons. The maximum atomic E-state index is 6.05. The van der Waals surface area contributed by atoms with E-state index in [1.54, 1.807) is 0 Å². The van der Waals surface area contributed by atoms with Crippen LogP contribution in [-0.2, 0) is 6.54 Å². The summed E-state index contributed by atoms with van der Waals surface area (Å²) in [5.74, 6) is 0. The maximum absolute atomic E-state index is 6.05. The Morgan fingerprint density at radius 1 is 1.53 bits per heavy atom. The van der Waals surface area contributed by atoms with Crippen LogP contribution in [0, 0.1) is 0 Å². The molecular formula is C13H22ClN3. The zero-order valence-corrected chi connectivity index (χ0v) is 11.2. The third kappa shape index (κ3) is 3.95. The van der Waals surface area contributed by atoms with Crippen LogP contribution >= 0.6 is 12.4 Å². The van der Waals surface area contributed by atoms with Crippen molar-refractivity contribution in [1.29, 1.82) is 0 Å². The highest BCUT2D eigenvalue weighted by Gasteiger charge is 2.25. The van der Waals surface area contributed by atoms with Gasteiger partial charge in [-0.3, -0.25) is 9.88 Å². The normalized spacial score (nSPS) is 22.8. The molecule has 17 heavy (non-hydrogen) atoms. The molecule has 96 valence electrons. The molecule has 2 atom stereocenters. The van der Waals surface area contributed by atoms with E-state index in [-0.39, 0.29) is 18.4 Å². The van der Waals surface area contributed by atoms with Crippen LogP contribution in [0.2, 0.25) is 0 Å². The standard InChI is InChI=1S/C13H21N3.ClH/c1-11(14)13-6-2-3-8-16(13)10-12-5-4-7-15-9-12;/h4-5,7,9,11,13H,2-3,6,8,10,14H2,1H3;1H. The Hall–Kier alpha value is -0.640. The molecule has 0 amide bonds. The first-order valence-corrected chi connectivity index (χ1v) is 6.16. The first-order valence-electron chi connectivity index (χ1n) is 6.16. The van der Waals surface area contributed by atoms with Crippen LogP contribution in [0.1, 0.15) is 31.7 Å². The minimum Gasteiger partial charge on any atom is -0.327 e. The van der Waals surface area contributed by atoms with E-state index in [4.69, 9.17) is 5.73 Å². The molecule has 1 aromatic rings. The number of hydrogen-bond donors (Lipinski definition) is 1. The molecule has 1 aliphatic rings. The summed E-state index contributed by atoms with van der Waals surface area (Å²) in [6.45, 7) is 4.27. The molecule has 2 unspecified atom stereocenters. The van der Waals surface area contributed by atoms with E-state index in [1.807, 2.05) is 18.5 Å². The number of halogens is 1. The maximum Gasteiger partial charge on any atom is 0.0312 e. The molecule has 2 rings (SSSR count). The van der Waals surface area contributed by atoms with Gasteiger partial charge in [0.1, 0.15) is 0 Å². The lowest BCUT2D eigenvalue weighted by atomic mass is 9.96. The third-order valence-corrected chi connectivity index (χ3v) is 3.38. The summed E-state index contributed by atoms with van der Waals surface area (Å²) in [7, 11) is 0. The molecule has 0 saturated carbocycles. The minimum atomic E-state index is 0. The van der Waals surface area contributed by atoms with Crippen molar-refractivity contribution >= 4 is 12.4 Å². The van der Waals surface area contributed by atoms with E-state index in [0.29, 0.717) is 6.04 Å². The molecule has 3 nitrogen and oxygen atoms in total. The summed E-state index contributed by atoms with van der Waals surface area (Å²) < 4.78 is 0. The highest BCUT2D eigenvalue weighted by atomic mass is 35.5. The third-order valence-electron chi connectivity index (χ3n) is 3.38. The summed E-state index contributed by atoms with van der Waals surface area (Å²) in [4.78, 5) is 6.67. The van der Waals surface area contributed by atoms with E-state index < -0.39 is 0 Å². The lowest BCUT2D eigenvalue weighted by molar-refractivity contribution is 0.123. The number of aromatic nitrogens is 1. The largest absolute Gasteiger partial charge is 0.327 e. The van der Waals surface area contributed by atoms with Gasteiger partial charge in [0.05, 0.1) is 0 Å². The Bertz CT molecular complexity index is 316. The van der Waals surface area contributed by atoms with Crippen molar-refractivity contribution in [2.45, 2.75) is 44.8 Å². The average Bonchev–Trinajstić information content (AvgIpc) is 2.31. The van der Waals surface area contributed by atoms with Crippen molar-refractivity contribution in [2.75, 3.05) is 6.54 Å². The lowest BCUT2D eigenvalue weighted by Gasteiger charge is -2.38. The zero-order valence-electron chi connectivity index (χ0n) is 10.4. The Morgan fingerprint density at radius 3 is 3.00 bits per heavy atom. The molecule has 1 saturated heterocycles. The van der Waals surface area contributed by atoms with Gasteiger partial charge in [0.25, 0.3) is 0 Å². The summed E-state index contributed by atoms with van der Waals surface area (Å²) in [5, 5.41) is 0. The molecule has 0 bridgehead atoms. The smallest absolute Gasteiger partial charge is 0.0312 e. The number of hydrogen-bond acceptors (Lipinski definition) is 3. The van der Waals surface area contributed by atoms with E-state index in [9.17, 15) is 0 Å². The second-order valence-corrected chi connectivity index (χ2v) is 4.75. The average molecular weight is 256 g/mol. The van der Waals surface area contributed by atoms with Crippen molar-refractivity contribution in [3.63, 3.8) is 0 Å². The van der Waals surface area contributed by atoms with Gasteiger partial charge in [-0.1, -0.05) is 12.5 Å². The summed E-state index contributed by atoms with van der Waals surface area (Å²) in [6, 6.07) is 4.94. The fraction of sp³-hybridized carbons (Fsp3) is 0.615. The molecule has 4 heteroatoms. The second-order valence-electron chi connectivity index (χ2n) is 4.75. The van der Waals surface area contributed by atoms with Gasteiger partial charge in [-0.25, -0.2) is 0 Å². The molecule has 1 fully saturated rings.